The van der Waals surface area contributed by atoms with Crippen molar-refractivity contribution in [3.63, 3.8) is 0 Å². The van der Waals surface area contributed by atoms with Crippen molar-refractivity contribution in [1.29, 1.82) is 0 Å². The first kappa shape index (κ1) is 35.3. The average molecular weight is 739 g/mol. The highest BCUT2D eigenvalue weighted by molar-refractivity contribution is 7.98. The molecule has 1 aliphatic rings. The predicted molar refractivity (Wildman–Crippen MR) is 198 cm³/mol. The van der Waals surface area contributed by atoms with Crippen molar-refractivity contribution in [3.8, 4) is 27.6 Å². The minimum absolute atomic E-state index is 0.0797. The van der Waals surface area contributed by atoms with Gasteiger partial charge in [-0.1, -0.05) is 29.5 Å². The van der Waals surface area contributed by atoms with Crippen LogP contribution < -0.4 is 25.4 Å². The molecule has 0 atom stereocenters. The van der Waals surface area contributed by atoms with Crippen LogP contribution in [0.4, 0.5) is 36.9 Å². The fourth-order valence-corrected chi connectivity index (χ4v) is 8.22. The number of benzene rings is 3. The van der Waals surface area contributed by atoms with Gasteiger partial charge in [-0.25, -0.2) is 32.2 Å². The fraction of sp³-hybridized carbons (Fsp3) is 0.265. The third-order valence-corrected chi connectivity index (χ3v) is 11.1. The SMILES string of the molecule is COc1cc(N2CCN(CCSC)CC2)c(C)cc1Nc1nccc(-c2sc(N)nc2-c2cccc(NS(=O)(=O)c3c(F)cccc3F)c2)n1. The number of piperazine rings is 1. The average Bonchev–Trinajstić information content (AvgIpc) is 3.49. The molecule has 16 heteroatoms. The monoisotopic (exact) mass is 738 g/mol. The van der Waals surface area contributed by atoms with Gasteiger partial charge in [0.15, 0.2) is 10.0 Å². The summed E-state index contributed by atoms with van der Waals surface area (Å²) in [6.07, 6.45) is 3.75. The maximum absolute atomic E-state index is 14.3. The van der Waals surface area contributed by atoms with Crippen LogP contribution in [0.1, 0.15) is 5.56 Å². The van der Waals surface area contributed by atoms with E-state index in [0.717, 1.165) is 67.9 Å². The Labute approximate surface area is 298 Å². The zero-order valence-electron chi connectivity index (χ0n) is 27.6. The number of nitrogens with zero attached hydrogens (tertiary/aromatic N) is 5. The lowest BCUT2D eigenvalue weighted by Crippen LogP contribution is -2.47. The molecule has 0 aliphatic carbocycles. The van der Waals surface area contributed by atoms with Crippen LogP contribution in [0.3, 0.4) is 0 Å². The summed E-state index contributed by atoms with van der Waals surface area (Å²) in [4.78, 5) is 18.1. The van der Waals surface area contributed by atoms with E-state index >= 15 is 0 Å². The van der Waals surface area contributed by atoms with Crippen LogP contribution in [-0.4, -0.2) is 80.1 Å². The molecule has 262 valence electrons. The van der Waals surface area contributed by atoms with Gasteiger partial charge in [-0.2, -0.15) is 11.8 Å². The second-order valence-corrected chi connectivity index (χ2v) is 15.2. The van der Waals surface area contributed by atoms with Crippen molar-refractivity contribution >= 4 is 61.3 Å². The first-order chi connectivity index (χ1) is 24.1. The number of rotatable bonds is 12. The van der Waals surface area contributed by atoms with E-state index in [4.69, 9.17) is 15.5 Å². The Morgan fingerprint density at radius 2 is 1.76 bits per heavy atom. The summed E-state index contributed by atoms with van der Waals surface area (Å²) >= 11 is 3.07. The molecular formula is C34H36F2N8O3S3. The predicted octanol–water partition coefficient (Wildman–Crippen LogP) is 6.47. The minimum atomic E-state index is -4.58. The van der Waals surface area contributed by atoms with Crippen LogP contribution in [0.2, 0.25) is 0 Å². The maximum Gasteiger partial charge on any atom is 0.267 e. The topological polar surface area (TPSA) is 139 Å². The number of hydrogen-bond acceptors (Lipinski definition) is 12. The number of nitrogen functional groups attached to an aromatic ring is 1. The number of halogens is 2. The smallest absolute Gasteiger partial charge is 0.267 e. The van der Waals surface area contributed by atoms with E-state index in [2.05, 4.69) is 43.0 Å². The summed E-state index contributed by atoms with van der Waals surface area (Å²) in [6.45, 7) is 7.08. The van der Waals surface area contributed by atoms with Crippen LogP contribution >= 0.6 is 23.1 Å². The molecular weight excluding hydrogens is 703 g/mol. The fourth-order valence-electron chi connectivity index (χ4n) is 5.76. The second kappa shape index (κ2) is 15.2. The summed E-state index contributed by atoms with van der Waals surface area (Å²) in [6, 6.07) is 14.9. The lowest BCUT2D eigenvalue weighted by Gasteiger charge is -2.37. The largest absolute Gasteiger partial charge is 0.494 e. The number of sulfonamides is 1. The van der Waals surface area contributed by atoms with Gasteiger partial charge in [0.05, 0.1) is 29.1 Å². The van der Waals surface area contributed by atoms with E-state index in [9.17, 15) is 17.2 Å². The molecule has 0 bridgehead atoms. The van der Waals surface area contributed by atoms with Gasteiger partial charge in [0, 0.05) is 67.7 Å². The van der Waals surface area contributed by atoms with Crippen molar-refractivity contribution in [1.82, 2.24) is 19.9 Å². The van der Waals surface area contributed by atoms with Gasteiger partial charge in [0.2, 0.25) is 5.95 Å². The number of hydrogen-bond donors (Lipinski definition) is 3. The highest BCUT2D eigenvalue weighted by atomic mass is 32.2. The number of aryl methyl sites for hydroxylation is 1. The number of anilines is 5. The quantitative estimate of drug-likeness (QED) is 0.130. The van der Waals surface area contributed by atoms with Crippen LogP contribution in [0.15, 0.2) is 71.8 Å². The summed E-state index contributed by atoms with van der Waals surface area (Å²) in [5.41, 5.74) is 10.6. The maximum atomic E-state index is 14.3. The molecule has 3 heterocycles. The van der Waals surface area contributed by atoms with Crippen LogP contribution in [0.25, 0.3) is 21.8 Å². The second-order valence-electron chi connectivity index (χ2n) is 11.5. The Kier molecular flexibility index (Phi) is 10.7. The molecule has 1 saturated heterocycles. The minimum Gasteiger partial charge on any atom is -0.494 e. The molecule has 11 nitrogen and oxygen atoms in total. The molecule has 5 aromatic rings. The first-order valence-electron chi connectivity index (χ1n) is 15.6. The van der Waals surface area contributed by atoms with Gasteiger partial charge in [0.1, 0.15) is 17.4 Å². The highest BCUT2D eigenvalue weighted by Crippen LogP contribution is 2.39. The van der Waals surface area contributed by atoms with E-state index in [1.807, 2.05) is 23.9 Å². The molecule has 0 amide bonds. The Morgan fingerprint density at radius 3 is 2.48 bits per heavy atom. The van der Waals surface area contributed by atoms with Crippen molar-refractivity contribution in [2.45, 2.75) is 11.8 Å². The summed E-state index contributed by atoms with van der Waals surface area (Å²) < 4.78 is 62.5. The number of ether oxygens (including phenoxy) is 1. The van der Waals surface area contributed by atoms with Crippen LogP contribution in [0.5, 0.6) is 5.75 Å². The van der Waals surface area contributed by atoms with Gasteiger partial charge in [-0.15, -0.1) is 0 Å². The Hall–Kier alpha value is -4.51. The first-order valence-corrected chi connectivity index (χ1v) is 19.3. The van der Waals surface area contributed by atoms with Gasteiger partial charge in [-0.3, -0.25) is 9.62 Å². The number of nitrogens with two attached hydrogens (primary N) is 1. The number of aromatic nitrogens is 3. The molecule has 0 saturated carbocycles. The molecule has 50 heavy (non-hydrogen) atoms. The zero-order valence-corrected chi connectivity index (χ0v) is 30.1. The molecule has 6 rings (SSSR count). The van der Waals surface area contributed by atoms with E-state index in [-0.39, 0.29) is 10.8 Å². The number of methoxy groups -OCH3 is 1. The third kappa shape index (κ3) is 7.78. The van der Waals surface area contributed by atoms with Crippen molar-refractivity contribution in [2.75, 3.05) is 72.5 Å². The van der Waals surface area contributed by atoms with E-state index in [1.165, 1.54) is 23.5 Å². The summed E-state index contributed by atoms with van der Waals surface area (Å²) in [5, 5.41) is 3.56. The summed E-state index contributed by atoms with van der Waals surface area (Å²) in [7, 11) is -2.95. The Balaban J connectivity index is 1.24. The standard InChI is InChI=1S/C34H36F2N8O3S3/c1-21-18-27(29(47-2)20-28(21)44-14-12-43(13-15-44)16-17-48-3)40-34-38-11-10-26(39-34)31-30(41-33(37)49-31)22-6-4-7-23(19-22)42-50(45,46)32-24(35)8-5-9-25(32)36/h4-11,18-20,42H,12-17H2,1-3H3,(H2,37,41)(H,38,39,40). The van der Waals surface area contributed by atoms with Gasteiger partial charge in [-0.05, 0) is 55.1 Å². The van der Waals surface area contributed by atoms with E-state index < -0.39 is 26.6 Å². The van der Waals surface area contributed by atoms with Crippen molar-refractivity contribution in [3.05, 3.63) is 84.1 Å². The molecule has 1 fully saturated rings. The van der Waals surface area contributed by atoms with Gasteiger partial charge >= 0.3 is 0 Å². The normalized spacial score (nSPS) is 13.7. The van der Waals surface area contributed by atoms with Crippen LogP contribution in [0, 0.1) is 18.6 Å². The van der Waals surface area contributed by atoms with Gasteiger partial charge in [0.25, 0.3) is 10.0 Å². The lowest BCUT2D eigenvalue weighted by atomic mass is 10.1. The highest BCUT2D eigenvalue weighted by Gasteiger charge is 2.25. The molecule has 4 N–H and O–H groups in total. The molecule has 0 unspecified atom stereocenters. The molecule has 3 aromatic carbocycles. The molecule has 0 radical (unpaired) electrons. The number of thiazole rings is 1. The van der Waals surface area contributed by atoms with Gasteiger partial charge < -0.3 is 20.7 Å². The number of nitrogens with one attached hydrogen (secondary N) is 2. The number of thioether (sulfide) groups is 1. The Morgan fingerprint density at radius 1 is 1.02 bits per heavy atom. The molecule has 2 aromatic heterocycles. The van der Waals surface area contributed by atoms with Crippen molar-refractivity contribution in [2.24, 2.45) is 0 Å². The van der Waals surface area contributed by atoms with Crippen molar-refractivity contribution < 1.29 is 21.9 Å². The molecule has 1 aliphatic heterocycles. The lowest BCUT2D eigenvalue weighted by molar-refractivity contribution is 0.273. The zero-order chi connectivity index (χ0) is 35.4. The molecule has 0 spiro atoms. The van der Waals surface area contributed by atoms with E-state index in [1.54, 1.807) is 31.5 Å². The summed E-state index contributed by atoms with van der Waals surface area (Å²) in [5.74, 6) is -0.290. The van der Waals surface area contributed by atoms with Crippen LogP contribution in [-0.2, 0) is 10.0 Å². The van der Waals surface area contributed by atoms with E-state index in [0.29, 0.717) is 39.2 Å². The third-order valence-electron chi connectivity index (χ3n) is 8.20. The Bertz CT molecular complexity index is 2090.